The second-order valence-electron chi connectivity index (χ2n) is 19.8. The Morgan fingerprint density at radius 2 is 0.488 bits per heavy atom. The molecule has 9 heteroatoms. The Bertz CT molecular complexity index is 4460. The highest BCUT2D eigenvalue weighted by atomic mass is 15.3. The molecule has 0 N–H and O–H groups in total. The first-order valence-corrected chi connectivity index (χ1v) is 29.3. The smallest absolute Gasteiger partial charge is 0.225 e. The molecular formula is C75H63N9. The van der Waals surface area contributed by atoms with E-state index in [-0.39, 0.29) is 0 Å². The summed E-state index contributed by atoms with van der Waals surface area (Å²) >= 11 is 0. The molecule has 0 fully saturated rings. The summed E-state index contributed by atoms with van der Waals surface area (Å²) in [4.78, 5) is 23.8. The summed E-state index contributed by atoms with van der Waals surface area (Å²) in [5.74, 6) is 2.13. The van der Waals surface area contributed by atoms with Gasteiger partial charge in [0.05, 0.1) is 50.2 Å². The fraction of sp³-hybridized carbons (Fsp3) is 0.0800. The summed E-state index contributed by atoms with van der Waals surface area (Å²) in [5, 5.41) is 7.00. The van der Waals surface area contributed by atoms with Gasteiger partial charge in [0.2, 0.25) is 17.3 Å². The number of anilines is 9. The lowest BCUT2D eigenvalue weighted by Gasteiger charge is -2.26. The zero-order valence-corrected chi connectivity index (χ0v) is 48.0. The summed E-state index contributed by atoms with van der Waals surface area (Å²) in [6.45, 7) is 12.0. The average Bonchev–Trinajstić information content (AvgIpc) is 2.01. The van der Waals surface area contributed by atoms with Gasteiger partial charge in [0.25, 0.3) is 0 Å². The normalized spacial score (nSPS) is 11.2. The van der Waals surface area contributed by atoms with E-state index in [1.807, 2.05) is 41.5 Å². The number of para-hydroxylation sites is 3. The minimum atomic E-state index is 0.711. The molecule has 408 valence electrons. The van der Waals surface area contributed by atoms with Crippen molar-refractivity contribution < 1.29 is 0 Å². The van der Waals surface area contributed by atoms with Crippen LogP contribution in [0.3, 0.4) is 0 Å². The minimum absolute atomic E-state index is 0.711. The fourth-order valence-electron chi connectivity index (χ4n) is 11.8. The van der Waals surface area contributed by atoms with E-state index in [9.17, 15) is 0 Å². The Hall–Kier alpha value is -10.8. The van der Waals surface area contributed by atoms with Gasteiger partial charge >= 0.3 is 0 Å². The Labute approximate surface area is 488 Å². The molecular weight excluding hydrogens is 1030 g/mol. The Balaban J connectivity index is 0.00000107. The monoisotopic (exact) mass is 1090 g/mol. The SMILES string of the molecule is CC.CC.CC.c1ccc(N(c2ccc3c(c2)nc2n3c3nc4cc(N(c5ccccc5)c5cccc6ccccc56)ccc4n3c3nc4cc(N(c5ccccc5)c5cccc6ccccc56)ccc4n23)c2cccc3ccccc23)cc1. The molecule has 0 saturated heterocycles. The summed E-state index contributed by atoms with van der Waals surface area (Å²) in [6.07, 6.45) is 0. The largest absolute Gasteiger partial charge is 0.310 e. The van der Waals surface area contributed by atoms with Crippen LogP contribution in [-0.4, -0.2) is 28.2 Å². The van der Waals surface area contributed by atoms with Crippen LogP contribution in [0.4, 0.5) is 51.2 Å². The second-order valence-corrected chi connectivity index (χ2v) is 19.8. The number of hydrogen-bond acceptors (Lipinski definition) is 6. The predicted octanol–water partition coefficient (Wildman–Crippen LogP) is 21.0. The van der Waals surface area contributed by atoms with Crippen molar-refractivity contribution in [3.05, 3.63) is 273 Å². The molecule has 4 heterocycles. The van der Waals surface area contributed by atoms with Gasteiger partial charge < -0.3 is 14.7 Å². The molecule has 0 unspecified atom stereocenters. The van der Waals surface area contributed by atoms with Crippen LogP contribution < -0.4 is 14.7 Å². The van der Waals surface area contributed by atoms with E-state index in [2.05, 4.69) is 301 Å². The predicted molar refractivity (Wildman–Crippen MR) is 356 cm³/mol. The third-order valence-electron chi connectivity index (χ3n) is 15.3. The summed E-state index contributed by atoms with van der Waals surface area (Å²) in [7, 11) is 0. The van der Waals surface area contributed by atoms with Crippen LogP contribution in [0.1, 0.15) is 41.5 Å². The molecule has 0 aliphatic heterocycles. The number of hydrogen-bond donors (Lipinski definition) is 0. The van der Waals surface area contributed by atoms with Gasteiger partial charge in [0.1, 0.15) is 0 Å². The molecule has 12 aromatic carbocycles. The van der Waals surface area contributed by atoms with Crippen molar-refractivity contribution in [2.45, 2.75) is 41.5 Å². The van der Waals surface area contributed by atoms with Gasteiger partial charge in [-0.25, -0.2) is 28.2 Å². The highest BCUT2D eigenvalue weighted by Crippen LogP contribution is 2.44. The summed E-state index contributed by atoms with van der Waals surface area (Å²) < 4.78 is 6.62. The third kappa shape index (κ3) is 8.85. The number of imidazole rings is 3. The molecule has 0 aliphatic carbocycles. The van der Waals surface area contributed by atoms with Gasteiger partial charge in [-0.3, -0.25) is 0 Å². The molecule has 16 rings (SSSR count). The summed E-state index contributed by atoms with van der Waals surface area (Å²) in [6, 6.07) is 96.8. The van der Waals surface area contributed by atoms with Crippen LogP contribution in [0.15, 0.2) is 273 Å². The zero-order valence-electron chi connectivity index (χ0n) is 48.0. The van der Waals surface area contributed by atoms with Crippen LogP contribution >= 0.6 is 0 Å². The lowest BCUT2D eigenvalue weighted by atomic mass is 10.1. The van der Waals surface area contributed by atoms with E-state index in [4.69, 9.17) is 15.0 Å². The van der Waals surface area contributed by atoms with Crippen LogP contribution in [0.5, 0.6) is 0 Å². The molecule has 0 aliphatic rings. The van der Waals surface area contributed by atoms with Gasteiger partial charge in [-0.15, -0.1) is 0 Å². The molecule has 16 aromatic rings. The molecule has 0 amide bonds. The van der Waals surface area contributed by atoms with Crippen LogP contribution in [0.25, 0.3) is 82.8 Å². The molecule has 84 heavy (non-hydrogen) atoms. The number of benzene rings is 12. The van der Waals surface area contributed by atoms with Crippen LogP contribution in [-0.2, 0) is 0 Å². The maximum atomic E-state index is 5.61. The van der Waals surface area contributed by atoms with E-state index >= 15 is 0 Å². The highest BCUT2D eigenvalue weighted by molar-refractivity contribution is 6.04. The zero-order chi connectivity index (χ0) is 57.3. The maximum Gasteiger partial charge on any atom is 0.225 e. The molecule has 0 radical (unpaired) electrons. The Kier molecular flexibility index (Phi) is 14.2. The highest BCUT2D eigenvalue weighted by Gasteiger charge is 2.25. The van der Waals surface area contributed by atoms with Crippen molar-refractivity contribution >= 4 is 134 Å². The van der Waals surface area contributed by atoms with Gasteiger partial charge in [0, 0.05) is 50.3 Å². The molecule has 0 bridgehead atoms. The van der Waals surface area contributed by atoms with Crippen molar-refractivity contribution in [1.82, 2.24) is 28.2 Å². The van der Waals surface area contributed by atoms with E-state index in [1.165, 1.54) is 16.2 Å². The lowest BCUT2D eigenvalue weighted by Crippen LogP contribution is -2.10. The average molecular weight is 1090 g/mol. The first kappa shape index (κ1) is 52.6. The van der Waals surface area contributed by atoms with Crippen LogP contribution in [0, 0.1) is 0 Å². The number of rotatable bonds is 9. The fourth-order valence-corrected chi connectivity index (χ4v) is 11.8. The molecule has 0 spiro atoms. The minimum Gasteiger partial charge on any atom is -0.310 e. The van der Waals surface area contributed by atoms with E-state index in [0.29, 0.717) is 17.3 Å². The molecule has 4 aromatic heterocycles. The first-order chi connectivity index (χ1) is 41.7. The van der Waals surface area contributed by atoms with E-state index in [1.54, 1.807) is 0 Å². The molecule has 0 atom stereocenters. The van der Waals surface area contributed by atoms with Crippen molar-refractivity contribution in [3.63, 3.8) is 0 Å². The first-order valence-electron chi connectivity index (χ1n) is 29.3. The van der Waals surface area contributed by atoms with Crippen molar-refractivity contribution in [3.8, 4) is 0 Å². The van der Waals surface area contributed by atoms with Crippen molar-refractivity contribution in [2.24, 2.45) is 0 Å². The quantitative estimate of drug-likeness (QED) is 0.144. The number of nitrogens with zero attached hydrogens (tertiary/aromatic N) is 9. The molecule has 0 saturated carbocycles. The number of aromatic nitrogens is 6. The van der Waals surface area contributed by atoms with E-state index < -0.39 is 0 Å². The van der Waals surface area contributed by atoms with Gasteiger partial charge in [-0.2, -0.15) is 0 Å². The standard InChI is InChI=1S/C69H45N9.3C2H6/c1-4-25-49(26-5-1)73(61-34-16-22-46-19-10-13-31-55(46)61)52-37-40-64-58(43-52)70-67-76(64)68-71-60-45-54(75(51-29-8-3-9-30-51)63-36-18-24-48-21-12-15-33-57(48)63)39-42-66(60)78(68)69-72-59-44-53(38-41-65(59)77(67)69)74(50-27-6-2-7-28-50)62-35-17-23-47-20-11-14-32-56(47)62;3*1-2/h1-45H;3*1-2H3. The second kappa shape index (κ2) is 22.6. The maximum absolute atomic E-state index is 5.61. The molecule has 9 nitrogen and oxygen atoms in total. The Morgan fingerprint density at radius 3 is 0.774 bits per heavy atom. The van der Waals surface area contributed by atoms with Gasteiger partial charge in [-0.05, 0) is 125 Å². The Morgan fingerprint density at radius 1 is 0.238 bits per heavy atom. The number of fused-ring (bicyclic) bond motifs is 15. The van der Waals surface area contributed by atoms with Gasteiger partial charge in [-0.1, -0.05) is 205 Å². The third-order valence-corrected chi connectivity index (χ3v) is 15.3. The topological polar surface area (TPSA) is 61.6 Å². The van der Waals surface area contributed by atoms with E-state index in [0.717, 1.165) is 100 Å². The lowest BCUT2D eigenvalue weighted by molar-refractivity contribution is 1.01. The van der Waals surface area contributed by atoms with Crippen molar-refractivity contribution in [2.75, 3.05) is 14.7 Å². The van der Waals surface area contributed by atoms with Crippen LogP contribution in [0.2, 0.25) is 0 Å². The van der Waals surface area contributed by atoms with Gasteiger partial charge in [0.15, 0.2) is 0 Å². The summed E-state index contributed by atoms with van der Waals surface area (Å²) in [5.41, 5.74) is 14.6. The van der Waals surface area contributed by atoms with Crippen molar-refractivity contribution in [1.29, 1.82) is 0 Å².